The molecular weight excluding hydrogens is 422 g/mol. The van der Waals surface area contributed by atoms with Crippen molar-refractivity contribution in [3.8, 4) is 0 Å². The molecule has 0 spiro atoms. The van der Waals surface area contributed by atoms with Crippen LogP contribution in [0.25, 0.3) is 0 Å². The lowest BCUT2D eigenvalue weighted by molar-refractivity contribution is -0.140. The van der Waals surface area contributed by atoms with Crippen molar-refractivity contribution in [2.24, 2.45) is 0 Å². The molecule has 0 heterocycles. The van der Waals surface area contributed by atoms with E-state index in [1.807, 2.05) is 13.8 Å². The lowest BCUT2D eigenvalue weighted by Crippen LogP contribution is -2.51. The van der Waals surface area contributed by atoms with Crippen molar-refractivity contribution in [1.82, 2.24) is 16.0 Å². The van der Waals surface area contributed by atoms with E-state index in [-0.39, 0.29) is 18.7 Å². The van der Waals surface area contributed by atoms with E-state index < -0.39 is 42.4 Å². The van der Waals surface area contributed by atoms with E-state index in [0.717, 1.165) is 0 Å². The van der Waals surface area contributed by atoms with E-state index in [4.69, 9.17) is 10.2 Å². The zero-order valence-corrected chi connectivity index (χ0v) is 18.2. The van der Waals surface area contributed by atoms with Crippen LogP contribution in [0, 0.1) is 0 Å². The molecule has 2 unspecified atom stereocenters. The molecule has 0 saturated carbocycles. The fraction of sp³-hybridized carbons (Fsp3) is 0.476. The first-order chi connectivity index (χ1) is 15.2. The third kappa shape index (κ3) is 12.2. The first-order valence-electron chi connectivity index (χ1n) is 10.3. The Morgan fingerprint density at radius 3 is 1.84 bits per heavy atom. The van der Waals surface area contributed by atoms with Crippen molar-refractivity contribution in [1.29, 1.82) is 0 Å². The number of aliphatic carboxylic acids is 3. The molecule has 1 aromatic carbocycles. The van der Waals surface area contributed by atoms with Gasteiger partial charge in [0.25, 0.3) is 5.91 Å². The van der Waals surface area contributed by atoms with E-state index in [1.54, 1.807) is 30.3 Å². The van der Waals surface area contributed by atoms with Crippen molar-refractivity contribution in [2.75, 3.05) is 6.54 Å². The normalized spacial score (nSPS) is 11.7. The van der Waals surface area contributed by atoms with Gasteiger partial charge in [0, 0.05) is 18.5 Å². The van der Waals surface area contributed by atoms with Gasteiger partial charge in [-0.25, -0.2) is 14.4 Å². The van der Waals surface area contributed by atoms with Crippen LogP contribution in [0.4, 0.5) is 4.79 Å². The molecule has 6 N–H and O–H groups in total. The molecule has 0 aliphatic carbocycles. The second-order valence-corrected chi connectivity index (χ2v) is 6.45. The molecule has 0 bridgehead atoms. The highest BCUT2D eigenvalue weighted by atomic mass is 16.4. The molecule has 0 saturated heterocycles. The first-order valence-corrected chi connectivity index (χ1v) is 10.3. The number of nitrogens with one attached hydrogen (secondary N) is 3. The van der Waals surface area contributed by atoms with Crippen LogP contribution in [0.5, 0.6) is 0 Å². The average Bonchev–Trinajstić information content (AvgIpc) is 2.76. The molecular formula is C21H31N3O8. The van der Waals surface area contributed by atoms with Crippen LogP contribution in [0.2, 0.25) is 0 Å². The lowest BCUT2D eigenvalue weighted by Gasteiger charge is -2.18. The van der Waals surface area contributed by atoms with E-state index in [1.165, 1.54) is 0 Å². The van der Waals surface area contributed by atoms with Gasteiger partial charge in [-0.15, -0.1) is 0 Å². The smallest absolute Gasteiger partial charge is 0.326 e. The van der Waals surface area contributed by atoms with Crippen molar-refractivity contribution in [3.05, 3.63) is 35.9 Å². The predicted molar refractivity (Wildman–Crippen MR) is 115 cm³/mol. The Kier molecular flexibility index (Phi) is 14.3. The summed E-state index contributed by atoms with van der Waals surface area (Å²) in [7, 11) is 0. The molecule has 1 aromatic rings. The molecule has 0 aliphatic rings. The number of carboxylic acid groups (broad SMARTS) is 3. The van der Waals surface area contributed by atoms with Crippen molar-refractivity contribution >= 4 is 29.8 Å². The molecule has 0 radical (unpaired) electrons. The fourth-order valence-electron chi connectivity index (χ4n) is 2.51. The summed E-state index contributed by atoms with van der Waals surface area (Å²) in [5.74, 6) is -4.18. The Labute approximate surface area is 186 Å². The van der Waals surface area contributed by atoms with Crippen LogP contribution in [0.1, 0.15) is 56.3 Å². The van der Waals surface area contributed by atoms with Crippen molar-refractivity contribution in [2.45, 2.75) is 58.0 Å². The molecule has 178 valence electrons. The number of carbonyl (C=O) groups excluding carboxylic acids is 2. The van der Waals surface area contributed by atoms with Gasteiger partial charge < -0.3 is 31.3 Å². The standard InChI is InChI=1S/C19H25N3O8.C2H6/c23-15(24)10-9-14(18(28)29)22-19(30)21-13(17(26)27)8-4-5-11-20-16(25)12-6-2-1-3-7-12;1-2/h1-3,6-7,13-14H,4-5,8-11H2,(H,20,25)(H,23,24)(H,26,27)(H,28,29)(H2,21,22,30);1-2H3. The summed E-state index contributed by atoms with van der Waals surface area (Å²) in [6.07, 6.45) is 0.123. The Bertz CT molecular complexity index is 755. The van der Waals surface area contributed by atoms with Gasteiger partial charge in [-0.2, -0.15) is 0 Å². The molecule has 1 rings (SSSR count). The van der Waals surface area contributed by atoms with Crippen LogP contribution < -0.4 is 16.0 Å². The van der Waals surface area contributed by atoms with Gasteiger partial charge in [0.15, 0.2) is 0 Å². The number of carboxylic acids is 3. The lowest BCUT2D eigenvalue weighted by atomic mass is 10.1. The van der Waals surface area contributed by atoms with Crippen LogP contribution in [0.3, 0.4) is 0 Å². The first kappa shape index (κ1) is 28.4. The Hall–Kier alpha value is -3.63. The minimum Gasteiger partial charge on any atom is -0.481 e. The highest BCUT2D eigenvalue weighted by Crippen LogP contribution is 2.04. The van der Waals surface area contributed by atoms with Gasteiger partial charge in [0.1, 0.15) is 12.1 Å². The maximum Gasteiger partial charge on any atom is 0.326 e. The van der Waals surface area contributed by atoms with Gasteiger partial charge >= 0.3 is 23.9 Å². The second-order valence-electron chi connectivity index (χ2n) is 6.45. The number of unbranched alkanes of at least 4 members (excludes halogenated alkanes) is 1. The number of carbonyl (C=O) groups is 5. The summed E-state index contributed by atoms with van der Waals surface area (Å²) in [5, 5.41) is 33.8. The molecule has 0 fully saturated rings. The highest BCUT2D eigenvalue weighted by molar-refractivity contribution is 5.94. The number of hydrogen-bond acceptors (Lipinski definition) is 5. The van der Waals surface area contributed by atoms with Gasteiger partial charge in [-0.3, -0.25) is 9.59 Å². The number of hydrogen-bond donors (Lipinski definition) is 6. The summed E-state index contributed by atoms with van der Waals surface area (Å²) in [6, 6.07) is 4.86. The molecule has 11 heteroatoms. The third-order valence-electron chi connectivity index (χ3n) is 4.09. The maximum atomic E-state index is 11.9. The minimum absolute atomic E-state index is 0.0663. The van der Waals surface area contributed by atoms with E-state index in [0.29, 0.717) is 24.9 Å². The van der Waals surface area contributed by atoms with Gasteiger partial charge in [-0.05, 0) is 37.8 Å². The van der Waals surface area contributed by atoms with Gasteiger partial charge in [-0.1, -0.05) is 32.0 Å². The van der Waals surface area contributed by atoms with Crippen molar-refractivity contribution < 1.29 is 39.3 Å². The maximum absolute atomic E-state index is 11.9. The Balaban J connectivity index is 0.00000466. The van der Waals surface area contributed by atoms with E-state index in [2.05, 4.69) is 16.0 Å². The molecule has 32 heavy (non-hydrogen) atoms. The molecule has 0 aromatic heterocycles. The molecule has 11 nitrogen and oxygen atoms in total. The van der Waals surface area contributed by atoms with E-state index >= 15 is 0 Å². The number of amides is 3. The summed E-state index contributed by atoms with van der Waals surface area (Å²) in [4.78, 5) is 56.7. The highest BCUT2D eigenvalue weighted by Gasteiger charge is 2.24. The van der Waals surface area contributed by atoms with E-state index in [9.17, 15) is 29.1 Å². The largest absolute Gasteiger partial charge is 0.481 e. The predicted octanol–water partition coefficient (Wildman–Crippen LogP) is 1.68. The fourth-order valence-corrected chi connectivity index (χ4v) is 2.51. The quantitative estimate of drug-likeness (QED) is 0.244. The van der Waals surface area contributed by atoms with Crippen LogP contribution in [-0.4, -0.2) is 63.8 Å². The van der Waals surface area contributed by atoms with Crippen LogP contribution in [0.15, 0.2) is 30.3 Å². The van der Waals surface area contributed by atoms with Crippen LogP contribution >= 0.6 is 0 Å². The summed E-state index contributed by atoms with van der Waals surface area (Å²) in [5.41, 5.74) is 0.509. The number of rotatable bonds is 13. The number of urea groups is 1. The average molecular weight is 453 g/mol. The molecule has 2 atom stereocenters. The zero-order chi connectivity index (χ0) is 24.5. The summed E-state index contributed by atoms with van der Waals surface area (Å²) in [6.45, 7) is 4.32. The topological polar surface area (TPSA) is 182 Å². The SMILES string of the molecule is CC.O=C(O)CCC(NC(=O)NC(CCCCNC(=O)c1ccccc1)C(=O)O)C(=O)O. The molecule has 3 amide bonds. The Morgan fingerprint density at radius 1 is 0.812 bits per heavy atom. The third-order valence-corrected chi connectivity index (χ3v) is 4.09. The van der Waals surface area contributed by atoms with Gasteiger partial charge in [0.05, 0.1) is 0 Å². The molecule has 0 aliphatic heterocycles. The number of benzene rings is 1. The second kappa shape index (κ2) is 16.1. The van der Waals surface area contributed by atoms with Crippen molar-refractivity contribution in [3.63, 3.8) is 0 Å². The van der Waals surface area contributed by atoms with Crippen LogP contribution in [-0.2, 0) is 14.4 Å². The van der Waals surface area contributed by atoms with Gasteiger partial charge in [0.2, 0.25) is 0 Å². The minimum atomic E-state index is -1.45. The monoisotopic (exact) mass is 453 g/mol. The summed E-state index contributed by atoms with van der Waals surface area (Å²) < 4.78 is 0. The Morgan fingerprint density at radius 2 is 1.34 bits per heavy atom. The zero-order valence-electron chi connectivity index (χ0n) is 18.2. The summed E-state index contributed by atoms with van der Waals surface area (Å²) >= 11 is 0.